The largest absolute Gasteiger partial charge is 0.490 e. The topological polar surface area (TPSA) is 43.4 Å². The molecule has 0 radical (unpaired) electrons. The average molecular weight is 612 g/mol. The van der Waals surface area contributed by atoms with Crippen LogP contribution >= 0.6 is 38.9 Å². The second kappa shape index (κ2) is 11.7. The van der Waals surface area contributed by atoms with Gasteiger partial charge in [0, 0.05) is 23.4 Å². The maximum Gasteiger partial charge on any atom is 0.175 e. The summed E-state index contributed by atoms with van der Waals surface area (Å²) in [5.41, 5.74) is 6.09. The third-order valence-electron chi connectivity index (χ3n) is 5.93. The number of hydrogen-bond donors (Lipinski definition) is 1. The van der Waals surface area contributed by atoms with Gasteiger partial charge in [-0.3, -0.25) is 0 Å². The first-order valence-corrected chi connectivity index (χ1v) is 14.1. The van der Waals surface area contributed by atoms with Gasteiger partial charge in [-0.05, 0) is 102 Å². The Hall–Kier alpha value is -3.13. The molecule has 4 aromatic carbocycles. The number of aryl methyl sites for hydroxylation is 1. The molecule has 0 fully saturated rings. The van der Waals surface area contributed by atoms with Crippen molar-refractivity contribution in [3.63, 3.8) is 0 Å². The minimum absolute atomic E-state index is 0.190. The lowest BCUT2D eigenvalue weighted by Gasteiger charge is -2.16. The van der Waals surface area contributed by atoms with Crippen molar-refractivity contribution in [2.75, 3.05) is 11.9 Å². The molecule has 0 saturated heterocycles. The van der Waals surface area contributed by atoms with E-state index >= 15 is 0 Å². The molecule has 0 aliphatic heterocycles. The summed E-state index contributed by atoms with van der Waals surface area (Å²) in [4.78, 5) is 4.78. The second-order valence-electron chi connectivity index (χ2n) is 8.78. The summed E-state index contributed by atoms with van der Waals surface area (Å²) < 4.78 is 27.2. The maximum absolute atomic E-state index is 13.4. The summed E-state index contributed by atoms with van der Waals surface area (Å²) in [5, 5.41) is 4.81. The van der Waals surface area contributed by atoms with E-state index in [9.17, 15) is 4.39 Å². The number of anilines is 1. The number of halogens is 3. The van der Waals surface area contributed by atoms with Gasteiger partial charge in [-0.15, -0.1) is 11.3 Å². The molecule has 0 aliphatic rings. The highest BCUT2D eigenvalue weighted by Gasteiger charge is 2.14. The lowest BCUT2D eigenvalue weighted by atomic mass is 10.1. The summed E-state index contributed by atoms with van der Waals surface area (Å²) >= 11 is 11.5. The van der Waals surface area contributed by atoms with Crippen LogP contribution in [0.15, 0.2) is 77.3 Å². The smallest absolute Gasteiger partial charge is 0.175 e. The van der Waals surface area contributed by atoms with Crippen LogP contribution in [0.2, 0.25) is 5.02 Å². The van der Waals surface area contributed by atoms with E-state index in [0.29, 0.717) is 35.2 Å². The molecule has 5 rings (SSSR count). The molecule has 0 atom stereocenters. The molecule has 0 amide bonds. The van der Waals surface area contributed by atoms with Crippen LogP contribution < -0.4 is 14.8 Å². The zero-order chi connectivity index (χ0) is 26.6. The summed E-state index contributed by atoms with van der Waals surface area (Å²) in [6.45, 7) is 5.30. The molecule has 0 unspecified atom stereocenters. The van der Waals surface area contributed by atoms with Crippen LogP contribution in [0.3, 0.4) is 0 Å². The van der Waals surface area contributed by atoms with Crippen molar-refractivity contribution in [3.05, 3.63) is 105 Å². The first-order chi connectivity index (χ1) is 18.4. The van der Waals surface area contributed by atoms with Crippen LogP contribution in [0, 0.1) is 12.7 Å². The molecule has 4 nitrogen and oxygen atoms in total. The molecule has 38 heavy (non-hydrogen) atoms. The SMILES string of the molecule is CCOc1cc(CNc2ccc(-c3nc4ccc(C)cc4s3)cc2)cc(Br)c1OCc1ccc(F)cc1Cl. The molecule has 0 saturated carbocycles. The number of nitrogens with zero attached hydrogens (tertiary/aromatic N) is 1. The van der Waals surface area contributed by atoms with E-state index in [1.165, 1.54) is 22.4 Å². The Bertz CT molecular complexity index is 1590. The molecule has 0 aliphatic carbocycles. The molecule has 194 valence electrons. The van der Waals surface area contributed by atoms with Crippen LogP contribution in [0.5, 0.6) is 11.5 Å². The number of nitrogens with one attached hydrogen (secondary N) is 1. The van der Waals surface area contributed by atoms with Crippen molar-refractivity contribution >= 4 is 54.8 Å². The molecule has 1 heterocycles. The number of hydrogen-bond acceptors (Lipinski definition) is 5. The van der Waals surface area contributed by atoms with Crippen molar-refractivity contribution < 1.29 is 13.9 Å². The summed E-state index contributed by atoms with van der Waals surface area (Å²) in [6, 6.07) is 22.9. The Morgan fingerprint density at radius 2 is 1.82 bits per heavy atom. The zero-order valence-corrected chi connectivity index (χ0v) is 24.0. The third-order valence-corrected chi connectivity index (χ3v) is 7.94. The summed E-state index contributed by atoms with van der Waals surface area (Å²) in [6.07, 6.45) is 0. The number of thiazole rings is 1. The zero-order valence-electron chi connectivity index (χ0n) is 20.9. The van der Waals surface area contributed by atoms with Gasteiger partial charge in [0.05, 0.1) is 26.3 Å². The summed E-state index contributed by atoms with van der Waals surface area (Å²) in [5.74, 6) is 0.818. The van der Waals surface area contributed by atoms with E-state index in [-0.39, 0.29) is 12.4 Å². The number of aromatic nitrogens is 1. The van der Waals surface area contributed by atoms with Crippen molar-refractivity contribution in [1.82, 2.24) is 4.98 Å². The van der Waals surface area contributed by atoms with Crippen LogP contribution in [0.4, 0.5) is 10.1 Å². The predicted molar refractivity (Wildman–Crippen MR) is 158 cm³/mol. The van der Waals surface area contributed by atoms with E-state index < -0.39 is 0 Å². The molecule has 8 heteroatoms. The molecule has 0 bridgehead atoms. The van der Waals surface area contributed by atoms with Crippen LogP contribution in [-0.4, -0.2) is 11.6 Å². The van der Waals surface area contributed by atoms with Gasteiger partial charge in [0.25, 0.3) is 0 Å². The van der Waals surface area contributed by atoms with Gasteiger partial charge in [0.1, 0.15) is 17.4 Å². The highest BCUT2D eigenvalue weighted by atomic mass is 79.9. The van der Waals surface area contributed by atoms with Crippen LogP contribution in [-0.2, 0) is 13.2 Å². The Morgan fingerprint density at radius 1 is 1.00 bits per heavy atom. The van der Waals surface area contributed by atoms with E-state index in [1.54, 1.807) is 17.4 Å². The maximum atomic E-state index is 13.4. The van der Waals surface area contributed by atoms with Gasteiger partial charge in [0.15, 0.2) is 11.5 Å². The molecule has 1 N–H and O–H groups in total. The van der Waals surface area contributed by atoms with Crippen molar-refractivity contribution in [2.24, 2.45) is 0 Å². The standard InChI is InChI=1S/C30H25BrClFN2O2S/c1-3-36-27-14-19(13-24(31)29(27)37-17-21-5-8-22(33)15-25(21)32)16-34-23-9-6-20(7-10-23)30-35-26-11-4-18(2)12-28(26)38-30/h4-15,34H,3,16-17H2,1-2H3. The van der Waals surface area contributed by atoms with Crippen molar-refractivity contribution in [3.8, 4) is 22.1 Å². The van der Waals surface area contributed by atoms with Crippen LogP contribution in [0.25, 0.3) is 20.8 Å². The second-order valence-corrected chi connectivity index (χ2v) is 11.1. The highest BCUT2D eigenvalue weighted by Crippen LogP contribution is 2.38. The van der Waals surface area contributed by atoms with Gasteiger partial charge in [0.2, 0.25) is 0 Å². The first kappa shape index (κ1) is 26.5. The Balaban J connectivity index is 1.27. The van der Waals surface area contributed by atoms with Gasteiger partial charge in [-0.2, -0.15) is 0 Å². The number of fused-ring (bicyclic) bond motifs is 1. The molecular weight excluding hydrogens is 587 g/mol. The molecule has 1 aromatic heterocycles. The van der Waals surface area contributed by atoms with Crippen molar-refractivity contribution in [1.29, 1.82) is 0 Å². The molecule has 0 spiro atoms. The van der Waals surface area contributed by atoms with E-state index in [0.717, 1.165) is 31.8 Å². The Labute approximate surface area is 238 Å². The lowest BCUT2D eigenvalue weighted by Crippen LogP contribution is -2.04. The summed E-state index contributed by atoms with van der Waals surface area (Å²) in [7, 11) is 0. The minimum atomic E-state index is -0.381. The highest BCUT2D eigenvalue weighted by molar-refractivity contribution is 9.10. The Kier molecular flexibility index (Phi) is 8.17. The molecule has 5 aromatic rings. The monoisotopic (exact) mass is 610 g/mol. The van der Waals surface area contributed by atoms with Gasteiger partial charge < -0.3 is 14.8 Å². The predicted octanol–water partition coefficient (Wildman–Crippen LogP) is 9.42. The third kappa shape index (κ3) is 6.12. The van der Waals surface area contributed by atoms with E-state index in [4.69, 9.17) is 26.1 Å². The number of rotatable bonds is 9. The van der Waals surface area contributed by atoms with E-state index in [1.807, 2.05) is 19.1 Å². The average Bonchev–Trinajstić information content (AvgIpc) is 3.32. The van der Waals surface area contributed by atoms with E-state index in [2.05, 4.69) is 70.6 Å². The van der Waals surface area contributed by atoms with Gasteiger partial charge in [-0.1, -0.05) is 23.7 Å². The molecular formula is C30H25BrClFN2O2S. The fraction of sp³-hybridized carbons (Fsp3) is 0.167. The quantitative estimate of drug-likeness (QED) is 0.180. The van der Waals surface area contributed by atoms with Gasteiger partial charge in [-0.25, -0.2) is 9.37 Å². The van der Waals surface area contributed by atoms with Crippen LogP contribution in [0.1, 0.15) is 23.6 Å². The van der Waals surface area contributed by atoms with Crippen molar-refractivity contribution in [2.45, 2.75) is 27.0 Å². The van der Waals surface area contributed by atoms with Gasteiger partial charge >= 0.3 is 0 Å². The number of benzene rings is 4. The fourth-order valence-corrected chi connectivity index (χ4v) is 5.90. The fourth-order valence-electron chi connectivity index (χ4n) is 4.01. The number of ether oxygens (including phenoxy) is 2. The Morgan fingerprint density at radius 3 is 2.58 bits per heavy atom. The first-order valence-electron chi connectivity index (χ1n) is 12.1. The normalized spacial score (nSPS) is 11.1. The minimum Gasteiger partial charge on any atom is -0.490 e. The lowest BCUT2D eigenvalue weighted by molar-refractivity contribution is 0.267.